The van der Waals surface area contributed by atoms with E-state index in [9.17, 15) is 4.79 Å². The van der Waals surface area contributed by atoms with Gasteiger partial charge in [0, 0.05) is 37.3 Å². The fourth-order valence-electron chi connectivity index (χ4n) is 2.75. The number of aromatic amines is 1. The standard InChI is InChI=1S/C15H19N3O2/c1-2-12-5-6-14(20-12)15(19)18-9-3-4-11(10-18)13-7-8-16-17-13/h5-8,11H,2-4,9-10H2,1H3,(H,16,17)/t11-/m0/s1. The van der Waals surface area contributed by atoms with Crippen molar-refractivity contribution in [1.29, 1.82) is 0 Å². The molecule has 1 N–H and O–H groups in total. The van der Waals surface area contributed by atoms with Crippen molar-refractivity contribution in [3.8, 4) is 0 Å². The maximum absolute atomic E-state index is 12.5. The molecule has 0 unspecified atom stereocenters. The predicted molar refractivity (Wildman–Crippen MR) is 74.6 cm³/mol. The fraction of sp³-hybridized carbons (Fsp3) is 0.467. The number of aromatic nitrogens is 2. The molecule has 0 saturated carbocycles. The number of nitrogens with zero attached hydrogens (tertiary/aromatic N) is 2. The van der Waals surface area contributed by atoms with Gasteiger partial charge in [0.2, 0.25) is 0 Å². The molecule has 0 radical (unpaired) electrons. The van der Waals surface area contributed by atoms with Crippen LogP contribution in [0.4, 0.5) is 0 Å². The Bertz CT molecular complexity index is 574. The topological polar surface area (TPSA) is 62.1 Å². The molecule has 3 rings (SSSR count). The van der Waals surface area contributed by atoms with E-state index in [1.807, 2.05) is 24.0 Å². The van der Waals surface area contributed by atoms with E-state index in [1.165, 1.54) is 0 Å². The Morgan fingerprint density at radius 3 is 3.10 bits per heavy atom. The molecular weight excluding hydrogens is 254 g/mol. The Morgan fingerprint density at radius 2 is 2.40 bits per heavy atom. The van der Waals surface area contributed by atoms with E-state index in [0.717, 1.165) is 43.8 Å². The molecule has 0 bridgehead atoms. The summed E-state index contributed by atoms with van der Waals surface area (Å²) in [5.74, 6) is 1.65. The minimum Gasteiger partial charge on any atom is -0.456 e. The maximum Gasteiger partial charge on any atom is 0.289 e. The highest BCUT2D eigenvalue weighted by Gasteiger charge is 2.27. The van der Waals surface area contributed by atoms with Crippen LogP contribution >= 0.6 is 0 Å². The van der Waals surface area contributed by atoms with Gasteiger partial charge >= 0.3 is 0 Å². The molecule has 1 aliphatic rings. The first-order valence-electron chi connectivity index (χ1n) is 7.15. The number of likely N-dealkylation sites (tertiary alicyclic amines) is 1. The summed E-state index contributed by atoms with van der Waals surface area (Å²) in [6.45, 7) is 3.54. The molecule has 0 spiro atoms. The molecule has 1 saturated heterocycles. The van der Waals surface area contributed by atoms with Crippen LogP contribution in [0, 0.1) is 0 Å². The van der Waals surface area contributed by atoms with Crippen LogP contribution < -0.4 is 0 Å². The molecular formula is C15H19N3O2. The number of carbonyl (C=O) groups is 1. The second-order valence-electron chi connectivity index (χ2n) is 5.22. The highest BCUT2D eigenvalue weighted by molar-refractivity contribution is 5.91. The lowest BCUT2D eigenvalue weighted by molar-refractivity contribution is 0.0672. The van der Waals surface area contributed by atoms with Crippen LogP contribution in [0.15, 0.2) is 28.8 Å². The number of carbonyl (C=O) groups excluding carboxylic acids is 1. The molecule has 5 nitrogen and oxygen atoms in total. The molecule has 0 aliphatic carbocycles. The molecule has 1 atom stereocenters. The normalized spacial score (nSPS) is 19.2. The summed E-state index contributed by atoms with van der Waals surface area (Å²) >= 11 is 0. The van der Waals surface area contributed by atoms with Crippen molar-refractivity contribution in [3.63, 3.8) is 0 Å². The Morgan fingerprint density at radius 1 is 1.50 bits per heavy atom. The summed E-state index contributed by atoms with van der Waals surface area (Å²) in [5, 5.41) is 7.00. The third-order valence-corrected chi connectivity index (χ3v) is 3.89. The minimum atomic E-state index is -0.00563. The quantitative estimate of drug-likeness (QED) is 0.935. The van der Waals surface area contributed by atoms with Crippen LogP contribution in [-0.4, -0.2) is 34.1 Å². The van der Waals surface area contributed by atoms with Gasteiger partial charge in [-0.05, 0) is 31.0 Å². The van der Waals surface area contributed by atoms with E-state index in [2.05, 4.69) is 10.2 Å². The summed E-state index contributed by atoms with van der Waals surface area (Å²) < 4.78 is 5.56. The molecule has 2 aromatic heterocycles. The third-order valence-electron chi connectivity index (χ3n) is 3.89. The Balaban J connectivity index is 1.71. The van der Waals surface area contributed by atoms with Crippen LogP contribution in [-0.2, 0) is 6.42 Å². The van der Waals surface area contributed by atoms with Gasteiger partial charge in [-0.1, -0.05) is 6.92 Å². The minimum absolute atomic E-state index is 0.00563. The molecule has 3 heterocycles. The molecule has 1 aliphatic heterocycles. The van der Waals surface area contributed by atoms with Crippen molar-refractivity contribution in [3.05, 3.63) is 41.6 Å². The zero-order chi connectivity index (χ0) is 13.9. The molecule has 1 fully saturated rings. The molecule has 1 amide bonds. The summed E-state index contributed by atoms with van der Waals surface area (Å²) in [7, 11) is 0. The van der Waals surface area contributed by atoms with Crippen molar-refractivity contribution in [2.75, 3.05) is 13.1 Å². The van der Waals surface area contributed by atoms with Crippen molar-refractivity contribution < 1.29 is 9.21 Å². The van der Waals surface area contributed by atoms with Crippen molar-refractivity contribution >= 4 is 5.91 Å². The average molecular weight is 273 g/mol. The maximum atomic E-state index is 12.5. The first-order chi connectivity index (χ1) is 9.78. The van der Waals surface area contributed by atoms with Crippen molar-refractivity contribution in [1.82, 2.24) is 15.1 Å². The van der Waals surface area contributed by atoms with E-state index in [-0.39, 0.29) is 5.91 Å². The van der Waals surface area contributed by atoms with Gasteiger partial charge in [-0.3, -0.25) is 9.89 Å². The largest absolute Gasteiger partial charge is 0.456 e. The van der Waals surface area contributed by atoms with Crippen LogP contribution in [0.5, 0.6) is 0 Å². The second-order valence-corrected chi connectivity index (χ2v) is 5.22. The van der Waals surface area contributed by atoms with Crippen LogP contribution in [0.3, 0.4) is 0 Å². The lowest BCUT2D eigenvalue weighted by Gasteiger charge is -2.31. The van der Waals surface area contributed by atoms with Gasteiger partial charge in [-0.25, -0.2) is 0 Å². The smallest absolute Gasteiger partial charge is 0.289 e. The Kier molecular flexibility index (Phi) is 3.58. The number of hydrogen-bond donors (Lipinski definition) is 1. The van der Waals surface area contributed by atoms with Crippen LogP contribution in [0.1, 0.15) is 47.7 Å². The third kappa shape index (κ3) is 2.48. The van der Waals surface area contributed by atoms with Gasteiger partial charge < -0.3 is 9.32 Å². The lowest BCUT2D eigenvalue weighted by Crippen LogP contribution is -2.39. The number of H-pyrrole nitrogens is 1. The highest BCUT2D eigenvalue weighted by atomic mass is 16.4. The first kappa shape index (κ1) is 13.0. The van der Waals surface area contributed by atoms with Crippen LogP contribution in [0.2, 0.25) is 0 Å². The highest BCUT2D eigenvalue weighted by Crippen LogP contribution is 2.26. The lowest BCUT2D eigenvalue weighted by atomic mass is 9.95. The zero-order valence-electron chi connectivity index (χ0n) is 11.6. The number of hydrogen-bond acceptors (Lipinski definition) is 3. The van der Waals surface area contributed by atoms with Crippen LogP contribution in [0.25, 0.3) is 0 Å². The summed E-state index contributed by atoms with van der Waals surface area (Å²) in [6.07, 6.45) is 4.67. The van der Waals surface area contributed by atoms with Crippen molar-refractivity contribution in [2.24, 2.45) is 0 Å². The number of rotatable bonds is 3. The van der Waals surface area contributed by atoms with E-state index in [1.54, 1.807) is 12.3 Å². The predicted octanol–water partition coefficient (Wildman–Crippen LogP) is 2.58. The number of furan rings is 1. The Hall–Kier alpha value is -2.04. The second kappa shape index (κ2) is 5.53. The molecule has 106 valence electrons. The SMILES string of the molecule is CCc1ccc(C(=O)N2CCC[C@H](c3ccn[nH]3)C2)o1. The number of piperidine rings is 1. The van der Waals surface area contributed by atoms with Gasteiger partial charge in [0.15, 0.2) is 5.76 Å². The number of amides is 1. The average Bonchev–Trinajstić information content (AvgIpc) is 3.17. The fourth-order valence-corrected chi connectivity index (χ4v) is 2.75. The van der Waals surface area contributed by atoms with E-state index in [0.29, 0.717) is 11.7 Å². The molecule has 5 heteroatoms. The van der Waals surface area contributed by atoms with E-state index in [4.69, 9.17) is 4.42 Å². The summed E-state index contributed by atoms with van der Waals surface area (Å²) in [5.41, 5.74) is 1.11. The van der Waals surface area contributed by atoms with E-state index < -0.39 is 0 Å². The summed E-state index contributed by atoms with van der Waals surface area (Å²) in [4.78, 5) is 14.3. The summed E-state index contributed by atoms with van der Waals surface area (Å²) in [6, 6.07) is 5.64. The molecule has 0 aromatic carbocycles. The molecule has 20 heavy (non-hydrogen) atoms. The number of aryl methyl sites for hydroxylation is 1. The van der Waals surface area contributed by atoms with Gasteiger partial charge in [-0.2, -0.15) is 5.10 Å². The van der Waals surface area contributed by atoms with E-state index >= 15 is 0 Å². The van der Waals surface area contributed by atoms with Gasteiger partial charge in [0.25, 0.3) is 5.91 Å². The van der Waals surface area contributed by atoms with Crippen molar-refractivity contribution in [2.45, 2.75) is 32.1 Å². The van der Waals surface area contributed by atoms with Gasteiger partial charge in [0.05, 0.1) is 0 Å². The Labute approximate surface area is 118 Å². The monoisotopic (exact) mass is 273 g/mol. The molecule has 2 aromatic rings. The zero-order valence-corrected chi connectivity index (χ0v) is 11.6. The first-order valence-corrected chi connectivity index (χ1v) is 7.15. The number of nitrogens with one attached hydrogen (secondary N) is 1. The van der Waals surface area contributed by atoms with Gasteiger partial charge in [-0.15, -0.1) is 0 Å². The van der Waals surface area contributed by atoms with Gasteiger partial charge in [0.1, 0.15) is 5.76 Å².